The highest BCUT2D eigenvalue weighted by Crippen LogP contribution is 2.30. The molecule has 0 spiro atoms. The van der Waals surface area contributed by atoms with Gasteiger partial charge in [0.2, 0.25) is 4.96 Å². The molecule has 2 aromatic heterocycles. The molecule has 118 valence electrons. The molecule has 11 heteroatoms. The van der Waals surface area contributed by atoms with Crippen LogP contribution in [0.4, 0.5) is 18.9 Å². The molecule has 0 N–H and O–H groups in total. The van der Waals surface area contributed by atoms with Gasteiger partial charge in [0.25, 0.3) is 11.2 Å². The number of rotatable bonds is 2. The van der Waals surface area contributed by atoms with Crippen LogP contribution in [-0.4, -0.2) is 19.5 Å². The molecule has 23 heavy (non-hydrogen) atoms. The minimum absolute atomic E-state index is 0.151. The quantitative estimate of drug-likeness (QED) is 0.527. The number of nitro groups is 1. The van der Waals surface area contributed by atoms with Crippen LogP contribution >= 0.6 is 11.3 Å². The van der Waals surface area contributed by atoms with Crippen LogP contribution in [0.15, 0.2) is 35.1 Å². The molecular weight excluding hydrogens is 337 g/mol. The third-order valence-electron chi connectivity index (χ3n) is 2.84. The number of fused-ring (bicyclic) bond motifs is 1. The molecule has 2 heterocycles. The second-order valence-electron chi connectivity index (χ2n) is 4.39. The van der Waals surface area contributed by atoms with Crippen LogP contribution in [0.3, 0.4) is 0 Å². The van der Waals surface area contributed by atoms with Crippen LogP contribution < -0.4 is 5.56 Å². The van der Waals surface area contributed by atoms with Crippen LogP contribution in [-0.2, 0) is 6.18 Å². The number of hydrogen-bond acceptors (Lipinski definition) is 6. The number of hydrogen-bond donors (Lipinski definition) is 0. The average Bonchev–Trinajstić information content (AvgIpc) is 2.91. The number of benzene rings is 1. The molecule has 0 aliphatic rings. The average molecular weight is 342 g/mol. The van der Waals surface area contributed by atoms with E-state index in [2.05, 4.69) is 10.1 Å². The van der Waals surface area contributed by atoms with Gasteiger partial charge in [-0.3, -0.25) is 14.9 Å². The van der Waals surface area contributed by atoms with Gasteiger partial charge in [-0.15, -0.1) is 0 Å². The summed E-state index contributed by atoms with van der Waals surface area (Å²) in [5, 5.41) is 14.8. The maximum Gasteiger partial charge on any atom is 0.433 e. The van der Waals surface area contributed by atoms with E-state index in [4.69, 9.17) is 0 Å². The fraction of sp³-hybridized carbons (Fsp3) is 0.0833. The summed E-state index contributed by atoms with van der Waals surface area (Å²) in [5.41, 5.74) is -2.17. The molecule has 0 aliphatic carbocycles. The summed E-state index contributed by atoms with van der Waals surface area (Å²) in [6.07, 6.45) is -4.75. The fourth-order valence-corrected chi connectivity index (χ4v) is 2.73. The molecule has 0 saturated carbocycles. The van der Waals surface area contributed by atoms with E-state index in [9.17, 15) is 28.1 Å². The molecule has 1 aromatic carbocycles. The highest BCUT2D eigenvalue weighted by molar-refractivity contribution is 7.19. The summed E-state index contributed by atoms with van der Waals surface area (Å²) >= 11 is 0.733. The van der Waals surface area contributed by atoms with Crippen LogP contribution in [0.1, 0.15) is 5.69 Å². The Hall–Kier alpha value is -2.82. The number of aromatic nitrogens is 3. The van der Waals surface area contributed by atoms with E-state index >= 15 is 0 Å². The largest absolute Gasteiger partial charge is 0.433 e. The summed E-state index contributed by atoms with van der Waals surface area (Å²) in [7, 11) is 0. The topological polar surface area (TPSA) is 90.4 Å². The Morgan fingerprint density at radius 1 is 1.26 bits per heavy atom. The third kappa shape index (κ3) is 2.77. The molecule has 0 amide bonds. The van der Waals surface area contributed by atoms with Crippen molar-refractivity contribution >= 4 is 22.0 Å². The van der Waals surface area contributed by atoms with Crippen LogP contribution in [0, 0.1) is 10.1 Å². The lowest BCUT2D eigenvalue weighted by atomic mass is 10.2. The van der Waals surface area contributed by atoms with Crippen molar-refractivity contribution in [3.63, 3.8) is 0 Å². The highest BCUT2D eigenvalue weighted by Gasteiger charge is 2.34. The Kier molecular flexibility index (Phi) is 3.36. The van der Waals surface area contributed by atoms with Gasteiger partial charge in [0.15, 0.2) is 5.69 Å². The first-order chi connectivity index (χ1) is 10.8. The molecule has 3 rings (SSSR count). The SMILES string of the molecule is O=c1cc(C(F)(F)F)nc2sc(-c3cccc([N+](=O)[O-])c3)nn12. The Morgan fingerprint density at radius 3 is 2.65 bits per heavy atom. The van der Waals surface area contributed by atoms with Crippen LogP contribution in [0.5, 0.6) is 0 Å². The van der Waals surface area contributed by atoms with Gasteiger partial charge in [0.05, 0.1) is 4.92 Å². The van der Waals surface area contributed by atoms with Gasteiger partial charge >= 0.3 is 6.18 Å². The first kappa shape index (κ1) is 15.1. The van der Waals surface area contributed by atoms with E-state index < -0.39 is 22.4 Å². The summed E-state index contributed by atoms with van der Waals surface area (Å²) in [4.78, 5) is 25.0. The summed E-state index contributed by atoms with van der Waals surface area (Å²) in [6.45, 7) is 0. The summed E-state index contributed by atoms with van der Waals surface area (Å²) in [6, 6.07) is 5.75. The van der Waals surface area contributed by atoms with E-state index in [1.54, 1.807) is 0 Å². The number of nitro benzene ring substituents is 1. The molecule has 0 atom stereocenters. The van der Waals surface area contributed by atoms with Crippen molar-refractivity contribution in [3.05, 3.63) is 56.5 Å². The van der Waals surface area contributed by atoms with Gasteiger partial charge < -0.3 is 0 Å². The molecule has 0 bridgehead atoms. The van der Waals surface area contributed by atoms with E-state index in [0.29, 0.717) is 11.6 Å². The van der Waals surface area contributed by atoms with E-state index in [1.807, 2.05) is 0 Å². The maximum atomic E-state index is 12.7. The predicted molar refractivity (Wildman–Crippen MR) is 74.2 cm³/mol. The Labute approximate surface area is 128 Å². The molecule has 0 aliphatic heterocycles. The van der Waals surface area contributed by atoms with Crippen molar-refractivity contribution in [1.29, 1.82) is 0 Å². The maximum absolute atomic E-state index is 12.7. The van der Waals surface area contributed by atoms with Crippen LogP contribution in [0.2, 0.25) is 0 Å². The molecule has 0 fully saturated rings. The number of halogens is 3. The van der Waals surface area contributed by atoms with Crippen molar-refractivity contribution in [2.45, 2.75) is 6.18 Å². The zero-order valence-electron chi connectivity index (χ0n) is 10.9. The molecule has 0 unspecified atom stereocenters. The van der Waals surface area contributed by atoms with Crippen molar-refractivity contribution in [2.75, 3.05) is 0 Å². The standard InChI is InChI=1S/C12H5F3N4O3S/c13-12(14,15)8-5-9(20)18-11(16-8)23-10(17-18)6-2-1-3-7(4-6)19(21)22/h1-5H. The minimum Gasteiger partial charge on any atom is -0.267 e. The summed E-state index contributed by atoms with van der Waals surface area (Å²) < 4.78 is 38.7. The minimum atomic E-state index is -4.75. The zero-order valence-corrected chi connectivity index (χ0v) is 11.8. The van der Waals surface area contributed by atoms with Gasteiger partial charge in [-0.1, -0.05) is 23.5 Å². The molecule has 0 radical (unpaired) electrons. The van der Waals surface area contributed by atoms with Crippen molar-refractivity contribution in [1.82, 2.24) is 14.6 Å². The zero-order chi connectivity index (χ0) is 16.8. The second kappa shape index (κ2) is 5.12. The van der Waals surface area contributed by atoms with Gasteiger partial charge in [-0.25, -0.2) is 4.98 Å². The van der Waals surface area contributed by atoms with Gasteiger partial charge in [-0.05, 0) is 0 Å². The van der Waals surface area contributed by atoms with E-state index in [-0.39, 0.29) is 15.7 Å². The molecule has 0 saturated heterocycles. The van der Waals surface area contributed by atoms with Gasteiger partial charge in [-0.2, -0.15) is 22.8 Å². The predicted octanol–water partition coefficient (Wildman–Crippen LogP) is 2.75. The second-order valence-corrected chi connectivity index (χ2v) is 5.34. The van der Waals surface area contributed by atoms with Crippen molar-refractivity contribution in [3.8, 4) is 10.6 Å². The van der Waals surface area contributed by atoms with Crippen molar-refractivity contribution in [2.24, 2.45) is 0 Å². The monoisotopic (exact) mass is 342 g/mol. The van der Waals surface area contributed by atoms with Crippen LogP contribution in [0.25, 0.3) is 15.5 Å². The first-order valence-electron chi connectivity index (χ1n) is 5.98. The third-order valence-corrected chi connectivity index (χ3v) is 3.80. The highest BCUT2D eigenvalue weighted by atomic mass is 32.1. The molecular formula is C12H5F3N4O3S. The van der Waals surface area contributed by atoms with Gasteiger partial charge in [0, 0.05) is 23.8 Å². The normalized spacial score (nSPS) is 11.8. The van der Waals surface area contributed by atoms with E-state index in [1.165, 1.54) is 24.3 Å². The van der Waals surface area contributed by atoms with Gasteiger partial charge in [0.1, 0.15) is 5.01 Å². The Balaban J connectivity index is 2.17. The smallest absolute Gasteiger partial charge is 0.267 e. The number of alkyl halides is 3. The summed E-state index contributed by atoms with van der Waals surface area (Å²) in [5.74, 6) is 0. The first-order valence-corrected chi connectivity index (χ1v) is 6.80. The molecule has 7 nitrogen and oxygen atoms in total. The number of nitrogens with zero attached hydrogens (tertiary/aromatic N) is 4. The van der Waals surface area contributed by atoms with E-state index in [0.717, 1.165) is 15.9 Å². The number of non-ortho nitro benzene ring substituents is 1. The lowest BCUT2D eigenvalue weighted by molar-refractivity contribution is -0.384. The van der Waals surface area contributed by atoms with Crippen molar-refractivity contribution < 1.29 is 18.1 Å². The lowest BCUT2D eigenvalue weighted by Crippen LogP contribution is -2.19. The Morgan fingerprint density at radius 2 is 2.00 bits per heavy atom. The fourth-order valence-electron chi connectivity index (χ4n) is 1.83. The Bertz CT molecular complexity index is 980. The molecule has 3 aromatic rings. The lowest BCUT2D eigenvalue weighted by Gasteiger charge is -2.03.